The minimum absolute atomic E-state index is 0.384. The maximum absolute atomic E-state index is 5.35. The van der Waals surface area contributed by atoms with Gasteiger partial charge in [0.25, 0.3) is 0 Å². The standard InChI is InChI=1S/C12H16BrNO/c1-9(14-12-5-6-15-8-12)10-3-2-4-11(13)7-10/h2-4,7,9,12,14H,5-6,8H2,1H3/t9-,12?/m0/s1. The quantitative estimate of drug-likeness (QED) is 0.911. The maximum atomic E-state index is 5.35. The van der Waals surface area contributed by atoms with Crippen molar-refractivity contribution in [3.8, 4) is 0 Å². The third kappa shape index (κ3) is 3.03. The fraction of sp³-hybridized carbons (Fsp3) is 0.500. The Bertz CT molecular complexity index is 323. The second-order valence-corrected chi connectivity index (χ2v) is 4.92. The van der Waals surface area contributed by atoms with Gasteiger partial charge in [-0.1, -0.05) is 28.1 Å². The maximum Gasteiger partial charge on any atom is 0.0620 e. The molecule has 0 aromatic heterocycles. The van der Waals surface area contributed by atoms with Crippen LogP contribution in [0.25, 0.3) is 0 Å². The lowest BCUT2D eigenvalue weighted by molar-refractivity contribution is 0.188. The van der Waals surface area contributed by atoms with Gasteiger partial charge in [-0.15, -0.1) is 0 Å². The summed E-state index contributed by atoms with van der Waals surface area (Å²) in [5.74, 6) is 0. The van der Waals surface area contributed by atoms with E-state index in [1.807, 2.05) is 0 Å². The van der Waals surface area contributed by atoms with Gasteiger partial charge in [0.1, 0.15) is 0 Å². The van der Waals surface area contributed by atoms with E-state index in [-0.39, 0.29) is 0 Å². The minimum atomic E-state index is 0.384. The number of benzene rings is 1. The van der Waals surface area contributed by atoms with Crippen LogP contribution in [0.1, 0.15) is 24.9 Å². The molecule has 1 saturated heterocycles. The average molecular weight is 270 g/mol. The van der Waals surface area contributed by atoms with Crippen molar-refractivity contribution in [2.75, 3.05) is 13.2 Å². The molecule has 0 bridgehead atoms. The summed E-state index contributed by atoms with van der Waals surface area (Å²) in [7, 11) is 0. The second-order valence-electron chi connectivity index (χ2n) is 4.00. The van der Waals surface area contributed by atoms with Crippen LogP contribution in [0.3, 0.4) is 0 Å². The van der Waals surface area contributed by atoms with E-state index in [1.54, 1.807) is 0 Å². The van der Waals surface area contributed by atoms with E-state index in [0.717, 1.165) is 24.1 Å². The van der Waals surface area contributed by atoms with Gasteiger partial charge in [0.15, 0.2) is 0 Å². The van der Waals surface area contributed by atoms with Crippen molar-refractivity contribution >= 4 is 15.9 Å². The predicted octanol–water partition coefficient (Wildman–Crippen LogP) is 2.89. The molecule has 0 radical (unpaired) electrons. The average Bonchev–Trinajstić information content (AvgIpc) is 2.70. The monoisotopic (exact) mass is 269 g/mol. The van der Waals surface area contributed by atoms with Crippen LogP contribution < -0.4 is 5.32 Å². The molecule has 0 amide bonds. The number of ether oxygens (including phenoxy) is 1. The highest BCUT2D eigenvalue weighted by Crippen LogP contribution is 2.19. The van der Waals surface area contributed by atoms with E-state index in [4.69, 9.17) is 4.74 Å². The van der Waals surface area contributed by atoms with Crippen molar-refractivity contribution in [2.45, 2.75) is 25.4 Å². The summed E-state index contributed by atoms with van der Waals surface area (Å²) < 4.78 is 6.48. The Morgan fingerprint density at radius 1 is 1.53 bits per heavy atom. The van der Waals surface area contributed by atoms with Gasteiger partial charge in [0, 0.05) is 23.2 Å². The Hall–Kier alpha value is -0.380. The van der Waals surface area contributed by atoms with E-state index in [9.17, 15) is 0 Å². The van der Waals surface area contributed by atoms with Gasteiger partial charge in [0.2, 0.25) is 0 Å². The number of nitrogens with one attached hydrogen (secondary N) is 1. The smallest absolute Gasteiger partial charge is 0.0620 e. The fourth-order valence-corrected chi connectivity index (χ4v) is 2.31. The fourth-order valence-electron chi connectivity index (χ4n) is 1.89. The predicted molar refractivity (Wildman–Crippen MR) is 64.9 cm³/mol. The molecule has 0 spiro atoms. The molecule has 1 unspecified atom stereocenters. The third-order valence-electron chi connectivity index (χ3n) is 2.76. The van der Waals surface area contributed by atoms with Gasteiger partial charge in [0.05, 0.1) is 6.61 Å². The number of halogens is 1. The van der Waals surface area contributed by atoms with Crippen molar-refractivity contribution < 1.29 is 4.74 Å². The summed E-state index contributed by atoms with van der Waals surface area (Å²) in [4.78, 5) is 0. The van der Waals surface area contributed by atoms with Crippen molar-refractivity contribution in [2.24, 2.45) is 0 Å². The third-order valence-corrected chi connectivity index (χ3v) is 3.26. The summed E-state index contributed by atoms with van der Waals surface area (Å²) in [5.41, 5.74) is 1.32. The highest BCUT2D eigenvalue weighted by Gasteiger charge is 2.17. The summed E-state index contributed by atoms with van der Waals surface area (Å²) in [6.07, 6.45) is 1.12. The van der Waals surface area contributed by atoms with E-state index < -0.39 is 0 Å². The molecule has 1 aromatic carbocycles. The van der Waals surface area contributed by atoms with E-state index in [2.05, 4.69) is 52.4 Å². The molecule has 1 aliphatic rings. The molecule has 15 heavy (non-hydrogen) atoms. The van der Waals surface area contributed by atoms with Crippen LogP contribution in [-0.2, 0) is 4.74 Å². The summed E-state index contributed by atoms with van der Waals surface area (Å²) in [5, 5.41) is 3.58. The van der Waals surface area contributed by atoms with Gasteiger partial charge < -0.3 is 10.1 Å². The van der Waals surface area contributed by atoms with Crippen molar-refractivity contribution in [3.63, 3.8) is 0 Å². The zero-order chi connectivity index (χ0) is 10.7. The molecule has 1 aliphatic heterocycles. The lowest BCUT2D eigenvalue weighted by atomic mass is 10.1. The minimum Gasteiger partial charge on any atom is -0.380 e. The first kappa shape index (κ1) is 11.1. The highest BCUT2D eigenvalue weighted by molar-refractivity contribution is 9.10. The van der Waals surface area contributed by atoms with Gasteiger partial charge in [-0.3, -0.25) is 0 Å². The molecule has 0 saturated carbocycles. The molecule has 1 heterocycles. The van der Waals surface area contributed by atoms with E-state index in [0.29, 0.717) is 12.1 Å². The van der Waals surface area contributed by atoms with Crippen molar-refractivity contribution in [3.05, 3.63) is 34.3 Å². The van der Waals surface area contributed by atoms with Crippen LogP contribution in [0.2, 0.25) is 0 Å². The first-order valence-electron chi connectivity index (χ1n) is 5.35. The van der Waals surface area contributed by atoms with Crippen LogP contribution in [0.5, 0.6) is 0 Å². The molecule has 1 fully saturated rings. The topological polar surface area (TPSA) is 21.3 Å². The van der Waals surface area contributed by atoms with Crippen LogP contribution in [-0.4, -0.2) is 19.3 Å². The molecule has 2 nitrogen and oxygen atoms in total. The Morgan fingerprint density at radius 2 is 2.40 bits per heavy atom. The zero-order valence-electron chi connectivity index (χ0n) is 8.87. The Labute approximate surface area is 99.1 Å². The first-order chi connectivity index (χ1) is 7.25. The molecular formula is C12H16BrNO. The Balaban J connectivity index is 1.97. The Morgan fingerprint density at radius 3 is 3.07 bits per heavy atom. The van der Waals surface area contributed by atoms with Gasteiger partial charge in [-0.05, 0) is 31.0 Å². The summed E-state index contributed by atoms with van der Waals surface area (Å²) in [6, 6.07) is 9.33. The number of hydrogen-bond donors (Lipinski definition) is 1. The Kier molecular flexibility index (Phi) is 3.78. The molecular weight excluding hydrogens is 254 g/mol. The molecule has 0 aliphatic carbocycles. The largest absolute Gasteiger partial charge is 0.380 e. The van der Waals surface area contributed by atoms with Gasteiger partial charge >= 0.3 is 0 Å². The molecule has 2 atom stereocenters. The zero-order valence-corrected chi connectivity index (χ0v) is 10.5. The number of hydrogen-bond acceptors (Lipinski definition) is 2. The van der Waals surface area contributed by atoms with Gasteiger partial charge in [-0.2, -0.15) is 0 Å². The van der Waals surface area contributed by atoms with Crippen LogP contribution in [0, 0.1) is 0 Å². The molecule has 1 aromatic rings. The van der Waals surface area contributed by atoms with Crippen LogP contribution in [0.15, 0.2) is 28.7 Å². The second kappa shape index (κ2) is 5.10. The molecule has 82 valence electrons. The van der Waals surface area contributed by atoms with Gasteiger partial charge in [-0.25, -0.2) is 0 Å². The normalized spacial score (nSPS) is 22.9. The molecule has 1 N–H and O–H groups in total. The van der Waals surface area contributed by atoms with E-state index in [1.165, 1.54) is 5.56 Å². The van der Waals surface area contributed by atoms with Crippen molar-refractivity contribution in [1.29, 1.82) is 0 Å². The first-order valence-corrected chi connectivity index (χ1v) is 6.14. The lowest BCUT2D eigenvalue weighted by Crippen LogP contribution is -2.31. The van der Waals surface area contributed by atoms with E-state index >= 15 is 0 Å². The van der Waals surface area contributed by atoms with Crippen LogP contribution >= 0.6 is 15.9 Å². The molecule has 3 heteroatoms. The van der Waals surface area contributed by atoms with Crippen molar-refractivity contribution in [1.82, 2.24) is 5.32 Å². The molecule has 2 rings (SSSR count). The lowest BCUT2D eigenvalue weighted by Gasteiger charge is -2.18. The highest BCUT2D eigenvalue weighted by atomic mass is 79.9. The summed E-state index contributed by atoms with van der Waals surface area (Å²) >= 11 is 3.49. The SMILES string of the molecule is C[C@H](NC1CCOC1)c1cccc(Br)c1. The number of rotatable bonds is 3. The van der Waals surface area contributed by atoms with Crippen LogP contribution in [0.4, 0.5) is 0 Å². The summed E-state index contributed by atoms with van der Waals surface area (Å²) in [6.45, 7) is 3.93.